The van der Waals surface area contributed by atoms with Gasteiger partial charge in [0.1, 0.15) is 18.0 Å². The van der Waals surface area contributed by atoms with Crippen LogP contribution in [0.15, 0.2) is 24.4 Å². The Labute approximate surface area is 129 Å². The summed E-state index contributed by atoms with van der Waals surface area (Å²) in [7, 11) is 0. The highest BCUT2D eigenvalue weighted by Gasteiger charge is 2.46. The summed E-state index contributed by atoms with van der Waals surface area (Å²) in [6.45, 7) is 6.57. The van der Waals surface area contributed by atoms with Gasteiger partial charge in [-0.25, -0.2) is 0 Å². The Morgan fingerprint density at radius 3 is 2.64 bits per heavy atom. The van der Waals surface area contributed by atoms with Crippen LogP contribution < -0.4 is 5.32 Å². The van der Waals surface area contributed by atoms with Crippen LogP contribution in [0, 0.1) is 0 Å². The number of nitrogens with zero attached hydrogens (tertiary/aromatic N) is 1. The number of aliphatic hydroxyl groups excluding tert-OH is 3. The van der Waals surface area contributed by atoms with Gasteiger partial charge in [-0.3, -0.25) is 4.79 Å². The molecule has 124 valence electrons. The first-order chi connectivity index (χ1) is 10.1. The van der Waals surface area contributed by atoms with Gasteiger partial charge in [0.05, 0.1) is 12.3 Å². The molecule has 0 saturated carbocycles. The minimum Gasteiger partial charge on any atom is -0.502 e. The Morgan fingerprint density at radius 1 is 1.41 bits per heavy atom. The van der Waals surface area contributed by atoms with Crippen molar-refractivity contribution >= 4 is 19.1 Å². The molecule has 0 aliphatic carbocycles. The largest absolute Gasteiger partial charge is 0.502 e. The molecule has 0 bridgehead atoms. The van der Waals surface area contributed by atoms with Crippen LogP contribution in [0.3, 0.4) is 0 Å². The lowest BCUT2D eigenvalue weighted by Gasteiger charge is -2.33. The average molecular weight is 330 g/mol. The van der Waals surface area contributed by atoms with Crippen LogP contribution >= 0.6 is 6.89 Å². The molecule has 0 aromatic rings. The molecule has 4 N–H and O–H groups in total. The number of carbonyl (C=O) groups excluding carboxylic acids is 1. The molecule has 0 aromatic heterocycles. The van der Waals surface area contributed by atoms with Gasteiger partial charge in [-0.05, 0) is 25.9 Å². The second-order valence-corrected chi connectivity index (χ2v) is 10.6. The molecule has 2 aliphatic heterocycles. The minimum atomic E-state index is -1.26. The first-order valence-corrected chi connectivity index (χ1v) is 10.0. The number of amides is 1. The number of hydrogen-bond acceptors (Lipinski definition) is 6. The molecule has 1 fully saturated rings. The maximum atomic E-state index is 11.3. The molecule has 2 aliphatic rings. The van der Waals surface area contributed by atoms with Crippen LogP contribution in [0.2, 0.25) is 0 Å². The van der Waals surface area contributed by atoms with Crippen molar-refractivity contribution in [2.75, 3.05) is 19.5 Å². The van der Waals surface area contributed by atoms with Crippen molar-refractivity contribution < 1.29 is 24.9 Å². The van der Waals surface area contributed by atoms with E-state index in [0.29, 0.717) is 6.42 Å². The first-order valence-electron chi connectivity index (χ1n) is 6.98. The van der Waals surface area contributed by atoms with Gasteiger partial charge in [-0.15, -0.1) is 13.2 Å². The summed E-state index contributed by atoms with van der Waals surface area (Å²) in [4.78, 5) is 12.6. The Hall–Kier alpha value is -1.27. The van der Waals surface area contributed by atoms with E-state index >= 15 is 0 Å². The highest BCUT2D eigenvalue weighted by atomic mass is 31.2. The molecule has 0 radical (unpaired) electrons. The van der Waals surface area contributed by atoms with Crippen LogP contribution in [0.5, 0.6) is 0 Å². The fraction of sp³-hybridized carbons (Fsp3) is 0.571. The summed E-state index contributed by atoms with van der Waals surface area (Å²) in [5.41, 5.74) is 0. The molecule has 1 saturated heterocycles. The predicted octanol–water partition coefficient (Wildman–Crippen LogP) is -0.165. The third-order valence-electron chi connectivity index (χ3n) is 3.69. The minimum absolute atomic E-state index is 0.171. The van der Waals surface area contributed by atoms with Crippen molar-refractivity contribution in [1.82, 2.24) is 10.2 Å². The van der Waals surface area contributed by atoms with E-state index in [1.807, 2.05) is 0 Å². The van der Waals surface area contributed by atoms with E-state index < -0.39 is 43.1 Å². The number of ether oxygens (including phenoxy) is 1. The molecule has 2 heterocycles. The summed E-state index contributed by atoms with van der Waals surface area (Å²) in [5.74, 6) is -1.01. The number of rotatable bonds is 4. The van der Waals surface area contributed by atoms with Gasteiger partial charge in [0, 0.05) is 0 Å². The Kier molecular flexibility index (Phi) is 4.73. The standard InChI is InChI=1S/C14H23N2O5P/c1-8-15-13(20)9(17)7-16(8)14-12(19)11(18)10(21-14)5-6-22(2,3)4/h7,10-12,14,17-19H,1-2,5-6H2,3-4H3,(H,15,20)/t10-,11-,12?,14-/m1/s1. The van der Waals surface area contributed by atoms with Crippen LogP contribution in [0.25, 0.3) is 0 Å². The zero-order chi connectivity index (χ0) is 16.7. The first kappa shape index (κ1) is 17.1. The van der Waals surface area contributed by atoms with Gasteiger partial charge in [0.25, 0.3) is 5.91 Å². The molecule has 0 aromatic carbocycles. The normalized spacial score (nSPS) is 32.9. The number of hydrogen-bond donors (Lipinski definition) is 4. The van der Waals surface area contributed by atoms with Crippen molar-refractivity contribution in [3.8, 4) is 0 Å². The quantitative estimate of drug-likeness (QED) is 0.534. The van der Waals surface area contributed by atoms with Crippen LogP contribution in [0.1, 0.15) is 6.42 Å². The van der Waals surface area contributed by atoms with Gasteiger partial charge in [-0.2, -0.15) is 0 Å². The van der Waals surface area contributed by atoms with E-state index in [0.717, 1.165) is 12.4 Å². The van der Waals surface area contributed by atoms with E-state index in [1.165, 1.54) is 4.90 Å². The Morgan fingerprint density at radius 2 is 2.05 bits per heavy atom. The third kappa shape index (κ3) is 3.55. The molecule has 2 rings (SSSR count). The Balaban J connectivity index is 2.11. The summed E-state index contributed by atoms with van der Waals surface area (Å²) in [5, 5.41) is 32.2. The van der Waals surface area contributed by atoms with Crippen LogP contribution in [0.4, 0.5) is 0 Å². The van der Waals surface area contributed by atoms with Gasteiger partial charge < -0.3 is 30.3 Å². The van der Waals surface area contributed by atoms with Gasteiger partial charge in [0.15, 0.2) is 12.0 Å². The van der Waals surface area contributed by atoms with Crippen molar-refractivity contribution in [2.24, 2.45) is 0 Å². The molecule has 1 amide bonds. The van der Waals surface area contributed by atoms with E-state index in [1.54, 1.807) is 0 Å². The lowest BCUT2D eigenvalue weighted by Crippen LogP contribution is -2.47. The van der Waals surface area contributed by atoms with Crippen LogP contribution in [-0.2, 0) is 9.53 Å². The molecule has 8 heteroatoms. The summed E-state index contributed by atoms with van der Waals surface area (Å²) < 4.78 is 5.72. The Bertz CT molecular complexity index is 555. The highest BCUT2D eigenvalue weighted by molar-refractivity contribution is 7.72. The van der Waals surface area contributed by atoms with Crippen LogP contribution in [-0.4, -0.2) is 76.5 Å². The zero-order valence-corrected chi connectivity index (χ0v) is 13.7. The second kappa shape index (κ2) is 6.08. The van der Waals surface area contributed by atoms with Gasteiger partial charge >= 0.3 is 0 Å². The summed E-state index contributed by atoms with van der Waals surface area (Å²) >= 11 is 0. The highest BCUT2D eigenvalue weighted by Crippen LogP contribution is 2.38. The van der Waals surface area contributed by atoms with Crippen molar-refractivity contribution in [3.63, 3.8) is 0 Å². The van der Waals surface area contributed by atoms with Crippen molar-refractivity contribution in [3.05, 3.63) is 24.4 Å². The monoisotopic (exact) mass is 330 g/mol. The summed E-state index contributed by atoms with van der Waals surface area (Å²) in [6.07, 6.45) is 3.00. The predicted molar refractivity (Wildman–Crippen MR) is 85.9 cm³/mol. The fourth-order valence-corrected chi connectivity index (χ4v) is 3.38. The second-order valence-electron chi connectivity index (χ2n) is 6.32. The lowest BCUT2D eigenvalue weighted by molar-refractivity contribution is -0.122. The fourth-order valence-electron chi connectivity index (χ4n) is 2.43. The maximum Gasteiger partial charge on any atom is 0.293 e. The van der Waals surface area contributed by atoms with E-state index in [-0.39, 0.29) is 5.82 Å². The van der Waals surface area contributed by atoms with Crippen molar-refractivity contribution in [1.29, 1.82) is 0 Å². The molecule has 7 nitrogen and oxygen atoms in total. The summed E-state index contributed by atoms with van der Waals surface area (Å²) in [6, 6.07) is 0. The lowest BCUT2D eigenvalue weighted by atomic mass is 10.1. The SMILES string of the molecule is C=C1NC(=O)C(O)=CN1[C@@H]1O[C@H](CCP(=C)(C)C)[C@@H](O)C1O. The van der Waals surface area contributed by atoms with E-state index in [4.69, 9.17) is 4.74 Å². The molecular weight excluding hydrogens is 307 g/mol. The third-order valence-corrected chi connectivity index (χ3v) is 5.16. The van der Waals surface area contributed by atoms with E-state index in [2.05, 4.69) is 31.5 Å². The number of aliphatic hydroxyl groups is 3. The molecule has 0 spiro atoms. The maximum absolute atomic E-state index is 11.3. The smallest absolute Gasteiger partial charge is 0.293 e. The number of carbonyl (C=O) groups is 1. The van der Waals surface area contributed by atoms with Gasteiger partial charge in [-0.1, -0.05) is 6.58 Å². The average Bonchev–Trinajstić information content (AvgIpc) is 2.68. The number of nitrogens with one attached hydrogen (secondary N) is 1. The van der Waals surface area contributed by atoms with Crippen molar-refractivity contribution in [2.45, 2.75) is 31.0 Å². The zero-order valence-electron chi connectivity index (χ0n) is 12.8. The molecule has 1 unspecified atom stereocenters. The topological polar surface area (TPSA) is 102 Å². The van der Waals surface area contributed by atoms with Gasteiger partial charge in [0.2, 0.25) is 0 Å². The molecule has 4 atom stereocenters. The van der Waals surface area contributed by atoms with E-state index in [9.17, 15) is 20.1 Å². The molecular formula is C14H23N2O5P. The molecule has 22 heavy (non-hydrogen) atoms.